The molecule has 0 aliphatic heterocycles. The summed E-state index contributed by atoms with van der Waals surface area (Å²) in [6.07, 6.45) is 1.27. The van der Waals surface area contributed by atoms with Crippen LogP contribution in [-0.4, -0.2) is 20.8 Å². The van der Waals surface area contributed by atoms with Gasteiger partial charge in [0, 0.05) is 18.3 Å². The summed E-state index contributed by atoms with van der Waals surface area (Å²) in [5, 5.41) is 21.0. The maximum absolute atomic E-state index is 12.1. The van der Waals surface area contributed by atoms with Gasteiger partial charge in [0.05, 0.1) is 11.0 Å². The first kappa shape index (κ1) is 22.4. The van der Waals surface area contributed by atoms with E-state index in [0.717, 1.165) is 11.1 Å². The third kappa shape index (κ3) is 5.33. The zero-order valence-electron chi connectivity index (χ0n) is 18.3. The number of nitro groups is 1. The molecule has 34 heavy (non-hydrogen) atoms. The van der Waals surface area contributed by atoms with E-state index in [1.807, 2.05) is 60.7 Å². The number of benzene rings is 3. The molecule has 0 saturated carbocycles. The summed E-state index contributed by atoms with van der Waals surface area (Å²) in [5.74, 6) is -0.0426. The number of hydrogen-bond acceptors (Lipinski definition) is 7. The average Bonchev–Trinajstić information content (AvgIpc) is 2.84. The summed E-state index contributed by atoms with van der Waals surface area (Å²) >= 11 is 0. The highest BCUT2D eigenvalue weighted by Gasteiger charge is 2.26. The fraction of sp³-hybridized carbons (Fsp3) is 0.0800. The Morgan fingerprint density at radius 3 is 1.88 bits per heavy atom. The summed E-state index contributed by atoms with van der Waals surface area (Å²) < 4.78 is 0. The van der Waals surface area contributed by atoms with Crippen LogP contribution in [0.4, 0.5) is 28.7 Å². The molecule has 3 aromatic carbocycles. The fourth-order valence-corrected chi connectivity index (χ4v) is 3.51. The number of carbonyl (C=O) groups excluding carboxylic acids is 1. The highest BCUT2D eigenvalue weighted by molar-refractivity contribution is 5.89. The van der Waals surface area contributed by atoms with Gasteiger partial charge in [-0.25, -0.2) is 9.97 Å². The molecule has 0 unspecified atom stereocenters. The van der Waals surface area contributed by atoms with E-state index in [0.29, 0.717) is 11.4 Å². The summed E-state index contributed by atoms with van der Waals surface area (Å²) in [6, 6.07) is 25.7. The van der Waals surface area contributed by atoms with E-state index in [1.54, 1.807) is 24.3 Å². The van der Waals surface area contributed by atoms with Crippen LogP contribution in [0, 0.1) is 10.1 Å². The minimum absolute atomic E-state index is 0.0506. The number of rotatable bonds is 8. The van der Waals surface area contributed by atoms with Crippen molar-refractivity contribution in [3.05, 3.63) is 112 Å². The lowest BCUT2D eigenvalue weighted by atomic mass is 9.99. The van der Waals surface area contributed by atoms with Crippen molar-refractivity contribution in [2.45, 2.75) is 13.0 Å². The second kappa shape index (κ2) is 10.2. The summed E-state index contributed by atoms with van der Waals surface area (Å²) in [7, 11) is 0. The van der Waals surface area contributed by atoms with E-state index in [-0.39, 0.29) is 29.3 Å². The third-order valence-electron chi connectivity index (χ3n) is 5.02. The highest BCUT2D eigenvalue weighted by atomic mass is 16.6. The molecule has 0 fully saturated rings. The molecule has 0 aliphatic rings. The van der Waals surface area contributed by atoms with Crippen LogP contribution in [0.15, 0.2) is 91.3 Å². The number of carbonyl (C=O) groups is 1. The molecular formula is C25H22N6O3. The molecule has 0 saturated heterocycles. The molecule has 0 radical (unpaired) electrons. The van der Waals surface area contributed by atoms with Gasteiger partial charge in [-0.1, -0.05) is 60.7 Å². The molecule has 3 N–H and O–H groups in total. The number of hydrogen-bond donors (Lipinski definition) is 3. The van der Waals surface area contributed by atoms with Crippen LogP contribution in [-0.2, 0) is 4.79 Å². The Morgan fingerprint density at radius 1 is 0.824 bits per heavy atom. The maximum atomic E-state index is 12.1. The number of aromatic nitrogens is 2. The Bertz CT molecular complexity index is 1240. The molecule has 1 amide bonds. The lowest BCUT2D eigenvalue weighted by Gasteiger charge is -2.20. The molecule has 0 bridgehead atoms. The van der Waals surface area contributed by atoms with Gasteiger partial charge in [-0.3, -0.25) is 14.9 Å². The summed E-state index contributed by atoms with van der Waals surface area (Å²) in [5.41, 5.74) is 2.79. The SMILES string of the molecule is CC(=O)Nc1ccc(Nc2ncnc(NC(c3ccccc3)c3ccccc3)c2[N+](=O)[O-])cc1. The lowest BCUT2D eigenvalue weighted by molar-refractivity contribution is -0.383. The first-order valence-corrected chi connectivity index (χ1v) is 10.5. The van der Waals surface area contributed by atoms with Crippen molar-refractivity contribution in [3.63, 3.8) is 0 Å². The normalized spacial score (nSPS) is 10.5. The third-order valence-corrected chi connectivity index (χ3v) is 5.02. The van der Waals surface area contributed by atoms with E-state index < -0.39 is 4.92 Å². The van der Waals surface area contributed by atoms with Gasteiger partial charge in [0.15, 0.2) is 0 Å². The molecule has 4 aromatic rings. The topological polar surface area (TPSA) is 122 Å². The van der Waals surface area contributed by atoms with Crippen LogP contribution < -0.4 is 16.0 Å². The summed E-state index contributed by atoms with van der Waals surface area (Å²) in [6.45, 7) is 1.42. The maximum Gasteiger partial charge on any atom is 0.353 e. The van der Waals surface area contributed by atoms with Crippen LogP contribution in [0.25, 0.3) is 0 Å². The second-order valence-corrected chi connectivity index (χ2v) is 7.46. The molecule has 0 aliphatic carbocycles. The van der Waals surface area contributed by atoms with Crippen molar-refractivity contribution >= 4 is 34.6 Å². The van der Waals surface area contributed by atoms with Crippen molar-refractivity contribution in [3.8, 4) is 0 Å². The Kier molecular flexibility index (Phi) is 6.73. The van der Waals surface area contributed by atoms with Crippen molar-refractivity contribution < 1.29 is 9.72 Å². The molecule has 9 heteroatoms. The molecule has 0 atom stereocenters. The van der Waals surface area contributed by atoms with Gasteiger partial charge in [-0.2, -0.15) is 0 Å². The van der Waals surface area contributed by atoms with Crippen molar-refractivity contribution in [2.24, 2.45) is 0 Å². The molecule has 1 aromatic heterocycles. The number of nitrogens with one attached hydrogen (secondary N) is 3. The standard InChI is InChI=1S/C25H22N6O3/c1-17(32)28-20-12-14-21(15-13-20)29-24-23(31(33)34)25(27-16-26-24)30-22(18-8-4-2-5-9-18)19-10-6-3-7-11-19/h2-16,22H,1H3,(H,28,32)(H2,26,27,29,30). The Morgan fingerprint density at radius 2 is 1.35 bits per heavy atom. The van der Waals surface area contributed by atoms with Gasteiger partial charge in [0.1, 0.15) is 6.33 Å². The number of amides is 1. The van der Waals surface area contributed by atoms with Gasteiger partial charge in [-0.05, 0) is 35.4 Å². The van der Waals surface area contributed by atoms with Crippen molar-refractivity contribution in [1.82, 2.24) is 9.97 Å². The highest BCUT2D eigenvalue weighted by Crippen LogP contribution is 2.35. The number of nitrogens with zero attached hydrogens (tertiary/aromatic N) is 3. The van der Waals surface area contributed by atoms with Gasteiger partial charge in [0.2, 0.25) is 17.5 Å². The second-order valence-electron chi connectivity index (χ2n) is 7.46. The van der Waals surface area contributed by atoms with Gasteiger partial charge in [0.25, 0.3) is 0 Å². The van der Waals surface area contributed by atoms with Crippen molar-refractivity contribution in [2.75, 3.05) is 16.0 Å². The fourth-order valence-electron chi connectivity index (χ4n) is 3.51. The van der Waals surface area contributed by atoms with Gasteiger partial charge < -0.3 is 16.0 Å². The van der Waals surface area contributed by atoms with E-state index in [1.165, 1.54) is 13.3 Å². The predicted octanol–water partition coefficient (Wildman–Crippen LogP) is 5.29. The molecule has 9 nitrogen and oxygen atoms in total. The van der Waals surface area contributed by atoms with Gasteiger partial charge in [-0.15, -0.1) is 0 Å². The smallest absolute Gasteiger partial charge is 0.353 e. The molecular weight excluding hydrogens is 432 g/mol. The zero-order chi connectivity index (χ0) is 23.9. The van der Waals surface area contributed by atoms with E-state index >= 15 is 0 Å². The first-order chi connectivity index (χ1) is 16.5. The average molecular weight is 454 g/mol. The minimum atomic E-state index is -0.511. The van der Waals surface area contributed by atoms with E-state index in [9.17, 15) is 14.9 Å². The van der Waals surface area contributed by atoms with Crippen LogP contribution in [0.1, 0.15) is 24.1 Å². The Hall–Kier alpha value is -4.79. The predicted molar refractivity (Wildman–Crippen MR) is 131 cm³/mol. The van der Waals surface area contributed by atoms with Crippen molar-refractivity contribution in [1.29, 1.82) is 0 Å². The van der Waals surface area contributed by atoms with Crippen LogP contribution >= 0.6 is 0 Å². The molecule has 170 valence electrons. The van der Waals surface area contributed by atoms with Crippen LogP contribution in [0.5, 0.6) is 0 Å². The lowest BCUT2D eigenvalue weighted by Crippen LogP contribution is -2.15. The van der Waals surface area contributed by atoms with Crippen LogP contribution in [0.2, 0.25) is 0 Å². The largest absolute Gasteiger partial charge is 0.353 e. The zero-order valence-corrected chi connectivity index (χ0v) is 18.3. The molecule has 1 heterocycles. The Labute approximate surface area is 196 Å². The molecule has 4 rings (SSSR count). The van der Waals surface area contributed by atoms with E-state index in [4.69, 9.17) is 0 Å². The summed E-state index contributed by atoms with van der Waals surface area (Å²) in [4.78, 5) is 31.1. The number of anilines is 4. The first-order valence-electron chi connectivity index (χ1n) is 10.5. The quantitative estimate of drug-likeness (QED) is 0.244. The monoisotopic (exact) mass is 454 g/mol. The van der Waals surface area contributed by atoms with Gasteiger partial charge >= 0.3 is 5.69 Å². The van der Waals surface area contributed by atoms with Crippen LogP contribution in [0.3, 0.4) is 0 Å². The van der Waals surface area contributed by atoms with E-state index in [2.05, 4.69) is 25.9 Å². The Balaban J connectivity index is 1.67. The molecule has 0 spiro atoms. The minimum Gasteiger partial charge on any atom is -0.353 e.